The molecular formula is C12H18BrIN4. The fourth-order valence-electron chi connectivity index (χ4n) is 2.12. The predicted octanol–water partition coefficient (Wildman–Crippen LogP) is 2.17. The smallest absolute Gasteiger partial charge is 0.185 e. The van der Waals surface area contributed by atoms with Crippen molar-refractivity contribution >= 4 is 51.6 Å². The van der Waals surface area contributed by atoms with E-state index in [4.69, 9.17) is 11.5 Å². The van der Waals surface area contributed by atoms with Gasteiger partial charge in [-0.3, -0.25) is 4.99 Å². The Balaban J connectivity index is 0.00000162. The number of halogens is 2. The van der Waals surface area contributed by atoms with E-state index in [0.29, 0.717) is 5.92 Å². The monoisotopic (exact) mass is 424 g/mol. The van der Waals surface area contributed by atoms with Crippen LogP contribution in [0.4, 0.5) is 5.69 Å². The molecule has 0 amide bonds. The number of nitrogens with zero attached hydrogens (tertiary/aromatic N) is 2. The first kappa shape index (κ1) is 15.6. The van der Waals surface area contributed by atoms with Crippen LogP contribution in [0, 0.1) is 5.92 Å². The van der Waals surface area contributed by atoms with Crippen molar-refractivity contribution in [2.45, 2.75) is 6.42 Å². The zero-order valence-electron chi connectivity index (χ0n) is 10.1. The third-order valence-corrected chi connectivity index (χ3v) is 3.48. The van der Waals surface area contributed by atoms with Gasteiger partial charge < -0.3 is 16.4 Å². The molecule has 18 heavy (non-hydrogen) atoms. The average molecular weight is 425 g/mol. The van der Waals surface area contributed by atoms with E-state index in [1.807, 2.05) is 6.07 Å². The number of aliphatic imine (C=N–C) groups is 1. The standard InChI is InChI=1S/C12H17BrN4.HI/c13-10-2-1-3-11(6-10)17-5-4-9(8-17)7-16-12(14)15;/h1-3,6,9H,4-5,7-8H2,(H4,14,15,16);1H. The summed E-state index contributed by atoms with van der Waals surface area (Å²) < 4.78 is 1.11. The minimum atomic E-state index is 0. The van der Waals surface area contributed by atoms with Gasteiger partial charge >= 0.3 is 0 Å². The lowest BCUT2D eigenvalue weighted by atomic mass is 10.1. The molecule has 2 rings (SSSR count). The van der Waals surface area contributed by atoms with Crippen LogP contribution in [-0.2, 0) is 0 Å². The molecule has 1 aliphatic heterocycles. The quantitative estimate of drug-likeness (QED) is 0.444. The lowest BCUT2D eigenvalue weighted by Gasteiger charge is -2.18. The highest BCUT2D eigenvalue weighted by molar-refractivity contribution is 14.0. The summed E-state index contributed by atoms with van der Waals surface area (Å²) in [6.07, 6.45) is 1.14. The summed E-state index contributed by atoms with van der Waals surface area (Å²) in [5, 5.41) is 0. The number of guanidine groups is 1. The molecule has 1 aliphatic rings. The van der Waals surface area contributed by atoms with E-state index >= 15 is 0 Å². The maximum atomic E-state index is 5.34. The van der Waals surface area contributed by atoms with Crippen molar-refractivity contribution in [1.82, 2.24) is 0 Å². The maximum Gasteiger partial charge on any atom is 0.185 e. The van der Waals surface area contributed by atoms with Crippen molar-refractivity contribution in [3.63, 3.8) is 0 Å². The Bertz CT molecular complexity index is 420. The average Bonchev–Trinajstić information content (AvgIpc) is 2.75. The predicted molar refractivity (Wildman–Crippen MR) is 90.6 cm³/mol. The number of hydrogen-bond acceptors (Lipinski definition) is 2. The van der Waals surface area contributed by atoms with Crippen molar-refractivity contribution in [3.05, 3.63) is 28.7 Å². The van der Waals surface area contributed by atoms with E-state index in [-0.39, 0.29) is 29.9 Å². The molecule has 0 bridgehead atoms. The third-order valence-electron chi connectivity index (χ3n) is 2.99. The SMILES string of the molecule is I.NC(N)=NCC1CCN(c2cccc(Br)c2)C1. The second-order valence-electron chi connectivity index (χ2n) is 4.35. The normalized spacial score (nSPS) is 18.3. The van der Waals surface area contributed by atoms with Crippen molar-refractivity contribution < 1.29 is 0 Å². The first-order chi connectivity index (χ1) is 8.15. The van der Waals surface area contributed by atoms with Crippen LogP contribution in [0.15, 0.2) is 33.7 Å². The third kappa shape index (κ3) is 4.31. The molecule has 1 aromatic rings. The highest BCUT2D eigenvalue weighted by Gasteiger charge is 2.22. The summed E-state index contributed by atoms with van der Waals surface area (Å²) >= 11 is 3.49. The fourth-order valence-corrected chi connectivity index (χ4v) is 2.51. The van der Waals surface area contributed by atoms with Gasteiger partial charge in [-0.1, -0.05) is 22.0 Å². The van der Waals surface area contributed by atoms with E-state index < -0.39 is 0 Å². The number of nitrogens with two attached hydrogens (primary N) is 2. The highest BCUT2D eigenvalue weighted by Crippen LogP contribution is 2.26. The Hall–Kier alpha value is -0.500. The first-order valence-corrected chi connectivity index (χ1v) is 6.50. The number of rotatable bonds is 3. The Morgan fingerprint density at radius 2 is 2.22 bits per heavy atom. The molecule has 1 atom stereocenters. The van der Waals surface area contributed by atoms with Crippen molar-refractivity contribution in [2.24, 2.45) is 22.4 Å². The van der Waals surface area contributed by atoms with Gasteiger partial charge in [0.05, 0.1) is 0 Å². The lowest BCUT2D eigenvalue weighted by molar-refractivity contribution is 0.603. The van der Waals surface area contributed by atoms with Gasteiger partial charge in [-0.05, 0) is 30.5 Å². The fraction of sp³-hybridized carbons (Fsp3) is 0.417. The van der Waals surface area contributed by atoms with Crippen LogP contribution < -0.4 is 16.4 Å². The zero-order valence-corrected chi connectivity index (χ0v) is 14.0. The van der Waals surface area contributed by atoms with Gasteiger partial charge in [0.1, 0.15) is 0 Å². The van der Waals surface area contributed by atoms with Crippen LogP contribution in [0.2, 0.25) is 0 Å². The molecule has 0 aliphatic carbocycles. The number of hydrogen-bond donors (Lipinski definition) is 2. The molecule has 0 aromatic heterocycles. The summed E-state index contributed by atoms with van der Waals surface area (Å²) in [4.78, 5) is 6.46. The van der Waals surface area contributed by atoms with Gasteiger partial charge in [-0.2, -0.15) is 0 Å². The summed E-state index contributed by atoms with van der Waals surface area (Å²) in [5.41, 5.74) is 11.9. The van der Waals surface area contributed by atoms with Gasteiger partial charge in [0.25, 0.3) is 0 Å². The molecule has 4 N–H and O–H groups in total. The van der Waals surface area contributed by atoms with Crippen molar-refractivity contribution in [2.75, 3.05) is 24.5 Å². The minimum absolute atomic E-state index is 0. The van der Waals surface area contributed by atoms with Gasteiger partial charge in [-0.15, -0.1) is 24.0 Å². The molecule has 0 radical (unpaired) electrons. The summed E-state index contributed by atoms with van der Waals surface area (Å²) in [5.74, 6) is 0.738. The van der Waals surface area contributed by atoms with E-state index in [1.54, 1.807) is 0 Å². The van der Waals surface area contributed by atoms with Crippen molar-refractivity contribution in [1.29, 1.82) is 0 Å². The van der Waals surface area contributed by atoms with Crippen LogP contribution in [0.5, 0.6) is 0 Å². The lowest BCUT2D eigenvalue weighted by Crippen LogP contribution is -2.25. The van der Waals surface area contributed by atoms with E-state index in [1.165, 1.54) is 5.69 Å². The molecule has 0 saturated carbocycles. The van der Waals surface area contributed by atoms with E-state index in [2.05, 4.69) is 44.0 Å². The van der Waals surface area contributed by atoms with Gasteiger partial charge in [0, 0.05) is 29.8 Å². The van der Waals surface area contributed by atoms with Crippen LogP contribution in [0.25, 0.3) is 0 Å². The second-order valence-corrected chi connectivity index (χ2v) is 5.26. The zero-order chi connectivity index (χ0) is 12.3. The molecule has 100 valence electrons. The molecule has 1 saturated heterocycles. The van der Waals surface area contributed by atoms with E-state index in [9.17, 15) is 0 Å². The van der Waals surface area contributed by atoms with Crippen LogP contribution in [0.3, 0.4) is 0 Å². The number of anilines is 1. The number of benzene rings is 1. The maximum absolute atomic E-state index is 5.34. The molecule has 4 nitrogen and oxygen atoms in total. The Morgan fingerprint density at radius 1 is 1.44 bits per heavy atom. The van der Waals surface area contributed by atoms with Gasteiger partial charge in [-0.25, -0.2) is 0 Å². The molecule has 6 heteroatoms. The molecular weight excluding hydrogens is 407 g/mol. The van der Waals surface area contributed by atoms with Gasteiger partial charge in [0.2, 0.25) is 0 Å². The minimum Gasteiger partial charge on any atom is -0.371 e. The Labute approximate surface area is 133 Å². The molecule has 1 unspecified atom stereocenters. The van der Waals surface area contributed by atoms with Crippen LogP contribution in [-0.4, -0.2) is 25.6 Å². The first-order valence-electron chi connectivity index (χ1n) is 5.71. The summed E-state index contributed by atoms with van der Waals surface area (Å²) in [6, 6.07) is 8.37. The highest BCUT2D eigenvalue weighted by atomic mass is 127. The largest absolute Gasteiger partial charge is 0.371 e. The molecule has 0 spiro atoms. The second kappa shape index (κ2) is 7.18. The molecule has 1 fully saturated rings. The molecule has 1 aromatic carbocycles. The van der Waals surface area contributed by atoms with Gasteiger partial charge in [0.15, 0.2) is 5.96 Å². The summed E-state index contributed by atoms with van der Waals surface area (Å²) in [7, 11) is 0. The topological polar surface area (TPSA) is 67.6 Å². The van der Waals surface area contributed by atoms with Crippen LogP contribution >= 0.6 is 39.9 Å². The Morgan fingerprint density at radius 3 is 2.89 bits per heavy atom. The van der Waals surface area contributed by atoms with E-state index in [0.717, 1.165) is 30.5 Å². The molecule has 1 heterocycles. The summed E-state index contributed by atoms with van der Waals surface area (Å²) in [6.45, 7) is 2.82. The van der Waals surface area contributed by atoms with Crippen LogP contribution in [0.1, 0.15) is 6.42 Å². The Kier molecular flexibility index (Phi) is 6.20. The van der Waals surface area contributed by atoms with Crippen molar-refractivity contribution in [3.8, 4) is 0 Å².